The van der Waals surface area contributed by atoms with Gasteiger partial charge in [-0.05, 0) is 12.2 Å². The Morgan fingerprint density at radius 3 is 2.33 bits per heavy atom. The highest BCUT2D eigenvalue weighted by atomic mass is 32.2. The summed E-state index contributed by atoms with van der Waals surface area (Å²) in [4.78, 5) is 12.0. The summed E-state index contributed by atoms with van der Waals surface area (Å²) in [7, 11) is 2.98. The lowest BCUT2D eigenvalue weighted by molar-refractivity contribution is 0.296. The molecule has 1 rings (SSSR count). The van der Waals surface area contributed by atoms with E-state index in [1.807, 2.05) is 0 Å². The van der Waals surface area contributed by atoms with Crippen molar-refractivity contribution in [2.24, 2.45) is 0 Å². The van der Waals surface area contributed by atoms with Gasteiger partial charge in [-0.25, -0.2) is 0 Å². The fourth-order valence-electron chi connectivity index (χ4n) is 1.10. The molecule has 0 atom stereocenters. The quantitative estimate of drug-likeness (QED) is 0.626. The average molecular weight is 274 g/mol. The zero-order valence-corrected chi connectivity index (χ0v) is 11.4. The highest BCUT2D eigenvalue weighted by Gasteiger charge is 2.06. The first-order chi connectivity index (χ1) is 8.80. The van der Waals surface area contributed by atoms with Crippen LogP contribution in [0.4, 0.5) is 5.95 Å². The van der Waals surface area contributed by atoms with Crippen molar-refractivity contribution in [3.63, 3.8) is 0 Å². The molecule has 2 N–H and O–H groups in total. The molecule has 0 spiro atoms. The van der Waals surface area contributed by atoms with Gasteiger partial charge in [0.25, 0.3) is 0 Å². The summed E-state index contributed by atoms with van der Waals surface area (Å²) in [6, 6.07) is 0.439. The van der Waals surface area contributed by atoms with Gasteiger partial charge in [0.15, 0.2) is 0 Å². The van der Waals surface area contributed by atoms with Crippen LogP contribution in [-0.2, 0) is 0 Å². The first-order valence-electron chi connectivity index (χ1n) is 5.56. The van der Waals surface area contributed by atoms with Crippen molar-refractivity contribution in [1.29, 1.82) is 0 Å². The average Bonchev–Trinajstić information content (AvgIpc) is 2.42. The van der Waals surface area contributed by atoms with Crippen LogP contribution in [0.5, 0.6) is 12.0 Å². The fraction of sp³-hybridized carbons (Fsp3) is 0.700. The molecule has 0 bridgehead atoms. The number of anilines is 1. The molecule has 0 aromatic carbocycles. The molecule has 7 nitrogen and oxygen atoms in total. The molecule has 0 aliphatic heterocycles. The second-order valence-corrected chi connectivity index (χ2v) is 4.47. The molecule has 0 unspecified atom stereocenters. The van der Waals surface area contributed by atoms with Crippen molar-refractivity contribution < 1.29 is 14.6 Å². The second kappa shape index (κ2) is 8.76. The zero-order valence-electron chi connectivity index (χ0n) is 10.5. The van der Waals surface area contributed by atoms with Gasteiger partial charge in [-0.3, -0.25) is 0 Å². The van der Waals surface area contributed by atoms with Gasteiger partial charge in [-0.2, -0.15) is 21.7 Å². The highest BCUT2D eigenvalue weighted by molar-refractivity contribution is 7.99. The summed E-state index contributed by atoms with van der Waals surface area (Å²) in [6.45, 7) is 0.967. The largest absolute Gasteiger partial charge is 0.467 e. The third kappa shape index (κ3) is 5.37. The SMILES string of the molecule is COc1nc(NCCSCCCO)nc(OC)n1. The Bertz CT molecular complexity index is 332. The molecule has 1 aromatic heterocycles. The van der Waals surface area contributed by atoms with Crippen LogP contribution in [0.15, 0.2) is 0 Å². The number of hydrogen-bond acceptors (Lipinski definition) is 8. The van der Waals surface area contributed by atoms with Crippen molar-refractivity contribution in [3.8, 4) is 12.0 Å². The molecule has 0 radical (unpaired) electrons. The number of methoxy groups -OCH3 is 2. The maximum atomic E-state index is 8.63. The minimum atomic E-state index is 0.220. The van der Waals surface area contributed by atoms with E-state index in [1.165, 1.54) is 14.2 Å². The highest BCUT2D eigenvalue weighted by Crippen LogP contribution is 2.12. The Labute approximate surface area is 110 Å². The monoisotopic (exact) mass is 274 g/mol. The van der Waals surface area contributed by atoms with Gasteiger partial charge < -0.3 is 19.9 Å². The standard InChI is InChI=1S/C10H18N4O3S/c1-16-9-12-8(13-10(14-9)17-2)11-4-7-18-6-3-5-15/h15H,3-7H2,1-2H3,(H,11,12,13,14). The van der Waals surface area contributed by atoms with E-state index < -0.39 is 0 Å². The van der Waals surface area contributed by atoms with Crippen LogP contribution in [0, 0.1) is 0 Å². The summed E-state index contributed by atoms with van der Waals surface area (Å²) >= 11 is 1.76. The molecule has 0 aliphatic rings. The van der Waals surface area contributed by atoms with Crippen molar-refractivity contribution in [2.45, 2.75) is 6.42 Å². The Morgan fingerprint density at radius 2 is 1.78 bits per heavy atom. The molecule has 0 fully saturated rings. The minimum Gasteiger partial charge on any atom is -0.467 e. The lowest BCUT2D eigenvalue weighted by Gasteiger charge is -2.07. The summed E-state index contributed by atoms with van der Waals surface area (Å²) in [5.74, 6) is 2.29. The number of nitrogens with zero attached hydrogens (tertiary/aromatic N) is 3. The van der Waals surface area contributed by atoms with Crippen LogP contribution in [0.2, 0.25) is 0 Å². The molecular formula is C10H18N4O3S. The van der Waals surface area contributed by atoms with Gasteiger partial charge in [-0.1, -0.05) is 0 Å². The van der Waals surface area contributed by atoms with E-state index in [2.05, 4.69) is 20.3 Å². The van der Waals surface area contributed by atoms with E-state index in [-0.39, 0.29) is 18.6 Å². The zero-order chi connectivity index (χ0) is 13.2. The van der Waals surface area contributed by atoms with E-state index in [9.17, 15) is 0 Å². The molecule has 1 heterocycles. The van der Waals surface area contributed by atoms with Crippen LogP contribution >= 0.6 is 11.8 Å². The van der Waals surface area contributed by atoms with Gasteiger partial charge in [0, 0.05) is 18.9 Å². The number of rotatable bonds is 9. The lowest BCUT2D eigenvalue weighted by Crippen LogP contribution is -2.10. The Morgan fingerprint density at radius 1 is 1.11 bits per heavy atom. The van der Waals surface area contributed by atoms with E-state index in [0.717, 1.165) is 24.5 Å². The molecule has 18 heavy (non-hydrogen) atoms. The predicted octanol–water partition coefficient (Wildman–Crippen LogP) is 0.416. The summed E-state index contributed by atoms with van der Waals surface area (Å²) < 4.78 is 9.88. The normalized spacial score (nSPS) is 10.2. The van der Waals surface area contributed by atoms with Crippen molar-refractivity contribution >= 4 is 17.7 Å². The topological polar surface area (TPSA) is 89.4 Å². The molecule has 8 heteroatoms. The molecule has 0 amide bonds. The Balaban J connectivity index is 2.36. The smallest absolute Gasteiger partial charge is 0.324 e. The van der Waals surface area contributed by atoms with Crippen molar-refractivity contribution in [1.82, 2.24) is 15.0 Å². The molecule has 0 aliphatic carbocycles. The van der Waals surface area contributed by atoms with Gasteiger partial charge in [0.2, 0.25) is 5.95 Å². The number of nitrogens with one attached hydrogen (secondary N) is 1. The molecule has 0 saturated carbocycles. The van der Waals surface area contributed by atoms with Gasteiger partial charge in [0.05, 0.1) is 14.2 Å². The number of thioether (sulfide) groups is 1. The number of aromatic nitrogens is 3. The number of aliphatic hydroxyl groups is 1. The minimum absolute atomic E-state index is 0.220. The van der Waals surface area contributed by atoms with Gasteiger partial charge in [-0.15, -0.1) is 4.98 Å². The van der Waals surface area contributed by atoms with Crippen LogP contribution in [0.25, 0.3) is 0 Å². The third-order valence-electron chi connectivity index (χ3n) is 1.94. The maximum absolute atomic E-state index is 8.63. The summed E-state index contributed by atoms with van der Waals surface area (Å²) in [5, 5.41) is 11.7. The van der Waals surface area contributed by atoms with Crippen LogP contribution in [0.3, 0.4) is 0 Å². The van der Waals surface area contributed by atoms with Crippen LogP contribution in [0.1, 0.15) is 6.42 Å². The number of hydrogen-bond donors (Lipinski definition) is 2. The van der Waals surface area contributed by atoms with Crippen molar-refractivity contribution in [2.75, 3.05) is 44.2 Å². The summed E-state index contributed by atoms with van der Waals surface area (Å²) in [5.41, 5.74) is 0. The number of ether oxygens (including phenoxy) is 2. The van der Waals surface area contributed by atoms with E-state index >= 15 is 0 Å². The first-order valence-corrected chi connectivity index (χ1v) is 6.72. The fourth-order valence-corrected chi connectivity index (χ4v) is 1.89. The molecule has 1 aromatic rings. The van der Waals surface area contributed by atoms with Crippen LogP contribution < -0.4 is 14.8 Å². The second-order valence-electron chi connectivity index (χ2n) is 3.25. The first kappa shape index (κ1) is 14.8. The third-order valence-corrected chi connectivity index (χ3v) is 3.01. The molecular weight excluding hydrogens is 256 g/mol. The van der Waals surface area contributed by atoms with E-state index in [4.69, 9.17) is 14.6 Å². The van der Waals surface area contributed by atoms with Crippen LogP contribution in [-0.4, -0.2) is 58.9 Å². The van der Waals surface area contributed by atoms with Gasteiger partial charge in [0.1, 0.15) is 0 Å². The summed E-state index contributed by atoms with van der Waals surface area (Å²) in [6.07, 6.45) is 0.818. The van der Waals surface area contributed by atoms with Crippen molar-refractivity contribution in [3.05, 3.63) is 0 Å². The molecule has 102 valence electrons. The number of aliphatic hydroxyl groups excluding tert-OH is 1. The predicted molar refractivity (Wildman–Crippen MR) is 70.4 cm³/mol. The maximum Gasteiger partial charge on any atom is 0.324 e. The Kier molecular flexibility index (Phi) is 7.19. The lowest BCUT2D eigenvalue weighted by atomic mass is 10.5. The van der Waals surface area contributed by atoms with E-state index in [1.54, 1.807) is 11.8 Å². The Hall–Kier alpha value is -1.28. The molecule has 0 saturated heterocycles. The van der Waals surface area contributed by atoms with E-state index in [0.29, 0.717) is 5.95 Å². The van der Waals surface area contributed by atoms with Gasteiger partial charge >= 0.3 is 12.0 Å².